The zero-order valence-corrected chi connectivity index (χ0v) is 11.3. The molecular formula is C15H18FNO2. The molecule has 1 aromatic rings. The number of halogens is 1. The van der Waals surface area contributed by atoms with Gasteiger partial charge in [0.1, 0.15) is 0 Å². The van der Waals surface area contributed by atoms with E-state index >= 15 is 0 Å². The first-order valence-corrected chi connectivity index (χ1v) is 6.61. The van der Waals surface area contributed by atoms with Crippen molar-refractivity contribution in [3.05, 3.63) is 35.4 Å². The summed E-state index contributed by atoms with van der Waals surface area (Å²) in [7, 11) is 0. The van der Waals surface area contributed by atoms with E-state index in [-0.39, 0.29) is 18.7 Å². The second-order valence-corrected chi connectivity index (χ2v) is 4.87. The van der Waals surface area contributed by atoms with Crippen molar-refractivity contribution < 1.29 is 14.0 Å². The fourth-order valence-electron chi connectivity index (χ4n) is 2.59. The lowest BCUT2D eigenvalue weighted by Gasteiger charge is -2.23. The molecule has 2 rings (SSSR count). The Bertz CT molecular complexity index is 511. The summed E-state index contributed by atoms with van der Waals surface area (Å²) >= 11 is 0. The third-order valence-corrected chi connectivity index (χ3v) is 3.69. The minimum absolute atomic E-state index is 0.00894. The van der Waals surface area contributed by atoms with Gasteiger partial charge in [0.2, 0.25) is 11.7 Å². The number of rotatable bonds is 4. The van der Waals surface area contributed by atoms with Gasteiger partial charge in [-0.2, -0.15) is 0 Å². The van der Waals surface area contributed by atoms with Crippen LogP contribution in [0.3, 0.4) is 0 Å². The molecule has 0 heterocycles. The van der Waals surface area contributed by atoms with Gasteiger partial charge in [0.15, 0.2) is 5.67 Å². The van der Waals surface area contributed by atoms with Gasteiger partial charge in [0.25, 0.3) is 0 Å². The van der Waals surface area contributed by atoms with Crippen molar-refractivity contribution in [2.45, 2.75) is 32.4 Å². The number of nitrogens with zero attached hydrogens (tertiary/aromatic N) is 1. The summed E-state index contributed by atoms with van der Waals surface area (Å²) in [5.74, 6) is -0.850. The van der Waals surface area contributed by atoms with Crippen LogP contribution in [0.5, 0.6) is 0 Å². The Morgan fingerprint density at radius 3 is 2.53 bits per heavy atom. The molecule has 1 aromatic carbocycles. The smallest absolute Gasteiger partial charge is 0.226 e. The van der Waals surface area contributed by atoms with Crippen molar-refractivity contribution in [1.29, 1.82) is 0 Å². The van der Waals surface area contributed by atoms with E-state index in [9.17, 15) is 14.0 Å². The van der Waals surface area contributed by atoms with Crippen LogP contribution >= 0.6 is 0 Å². The lowest BCUT2D eigenvalue weighted by Crippen LogP contribution is -2.40. The number of hydrogen-bond donors (Lipinski definition) is 0. The third kappa shape index (κ3) is 2.39. The normalized spacial score (nSPS) is 21.3. The average Bonchev–Trinajstić information content (AvgIpc) is 2.63. The van der Waals surface area contributed by atoms with E-state index in [1.807, 2.05) is 13.8 Å². The molecule has 0 spiro atoms. The van der Waals surface area contributed by atoms with Gasteiger partial charge in [-0.15, -0.1) is 0 Å². The number of Topliss-reactive ketones (excluding diaryl/α,β-unsaturated/α-hetero) is 1. The van der Waals surface area contributed by atoms with Crippen molar-refractivity contribution in [3.63, 3.8) is 0 Å². The quantitative estimate of drug-likeness (QED) is 0.836. The fourth-order valence-corrected chi connectivity index (χ4v) is 2.59. The molecule has 1 aliphatic rings. The maximum Gasteiger partial charge on any atom is 0.226 e. The zero-order chi connectivity index (χ0) is 14.0. The Balaban J connectivity index is 2.18. The summed E-state index contributed by atoms with van der Waals surface area (Å²) in [5.41, 5.74) is -0.955. The van der Waals surface area contributed by atoms with Gasteiger partial charge >= 0.3 is 0 Å². The number of amides is 1. The van der Waals surface area contributed by atoms with Crippen molar-refractivity contribution in [3.8, 4) is 0 Å². The van der Waals surface area contributed by atoms with Crippen LogP contribution in [0.2, 0.25) is 0 Å². The summed E-state index contributed by atoms with van der Waals surface area (Å²) in [6.45, 7) is 4.76. The molecule has 0 aliphatic heterocycles. The zero-order valence-electron chi connectivity index (χ0n) is 11.3. The Kier molecular flexibility index (Phi) is 3.69. The topological polar surface area (TPSA) is 37.4 Å². The molecule has 0 saturated heterocycles. The standard InChI is InChI=1S/C15H18FNO2/c1-3-17(4-2)13(18)10-15(16)9-11-7-5-6-8-12(11)14(15)19/h5-8H,3-4,9-10H2,1-2H3. The van der Waals surface area contributed by atoms with Crippen molar-refractivity contribution in [2.24, 2.45) is 0 Å². The van der Waals surface area contributed by atoms with Gasteiger partial charge in [-0.1, -0.05) is 24.3 Å². The second-order valence-electron chi connectivity index (χ2n) is 4.87. The van der Waals surface area contributed by atoms with E-state index in [2.05, 4.69) is 0 Å². The van der Waals surface area contributed by atoms with E-state index in [1.165, 1.54) is 0 Å². The summed E-state index contributed by atoms with van der Waals surface area (Å²) in [5, 5.41) is 0. The van der Waals surface area contributed by atoms with E-state index in [1.54, 1.807) is 29.2 Å². The first-order valence-electron chi connectivity index (χ1n) is 6.61. The highest BCUT2D eigenvalue weighted by molar-refractivity contribution is 6.08. The summed E-state index contributed by atoms with van der Waals surface area (Å²) in [6.07, 6.45) is -0.350. The Labute approximate surface area is 112 Å². The van der Waals surface area contributed by atoms with Gasteiger partial charge in [0.05, 0.1) is 6.42 Å². The van der Waals surface area contributed by atoms with Crippen LogP contribution < -0.4 is 0 Å². The van der Waals surface area contributed by atoms with Crippen LogP contribution in [0, 0.1) is 0 Å². The van der Waals surface area contributed by atoms with E-state index in [0.29, 0.717) is 24.2 Å². The molecule has 1 unspecified atom stereocenters. The predicted molar refractivity (Wildman–Crippen MR) is 70.9 cm³/mol. The highest BCUT2D eigenvalue weighted by Crippen LogP contribution is 2.35. The van der Waals surface area contributed by atoms with Crippen LogP contribution in [-0.4, -0.2) is 35.3 Å². The lowest BCUT2D eigenvalue weighted by molar-refractivity contribution is -0.133. The van der Waals surface area contributed by atoms with Crippen molar-refractivity contribution >= 4 is 11.7 Å². The number of alkyl halides is 1. The number of carbonyl (C=O) groups is 2. The second kappa shape index (κ2) is 5.11. The Morgan fingerprint density at radius 2 is 1.95 bits per heavy atom. The average molecular weight is 263 g/mol. The van der Waals surface area contributed by atoms with Gasteiger partial charge in [-0.3, -0.25) is 9.59 Å². The molecule has 19 heavy (non-hydrogen) atoms. The molecule has 0 saturated carbocycles. The molecule has 1 aliphatic carbocycles. The van der Waals surface area contributed by atoms with Crippen LogP contribution in [0.15, 0.2) is 24.3 Å². The highest BCUT2D eigenvalue weighted by atomic mass is 19.1. The Hall–Kier alpha value is -1.71. The molecule has 1 atom stereocenters. The predicted octanol–water partition coefficient (Wildman–Crippen LogP) is 2.39. The fraction of sp³-hybridized carbons (Fsp3) is 0.467. The number of ketones is 1. The molecular weight excluding hydrogens is 245 g/mol. The van der Waals surface area contributed by atoms with E-state index < -0.39 is 11.5 Å². The molecule has 0 radical (unpaired) electrons. The third-order valence-electron chi connectivity index (χ3n) is 3.69. The van der Waals surface area contributed by atoms with E-state index in [4.69, 9.17) is 0 Å². The summed E-state index contributed by atoms with van der Waals surface area (Å²) in [4.78, 5) is 25.7. The maximum absolute atomic E-state index is 14.8. The molecule has 4 heteroatoms. The van der Waals surface area contributed by atoms with Crippen molar-refractivity contribution in [1.82, 2.24) is 4.90 Å². The maximum atomic E-state index is 14.8. The first-order chi connectivity index (χ1) is 9.01. The molecule has 3 nitrogen and oxygen atoms in total. The number of fused-ring (bicyclic) bond motifs is 1. The monoisotopic (exact) mass is 263 g/mol. The Morgan fingerprint density at radius 1 is 1.32 bits per heavy atom. The van der Waals surface area contributed by atoms with E-state index in [0.717, 1.165) is 0 Å². The minimum atomic E-state index is -2.07. The summed E-state index contributed by atoms with van der Waals surface area (Å²) in [6, 6.07) is 6.87. The van der Waals surface area contributed by atoms with Gasteiger partial charge in [0, 0.05) is 25.1 Å². The first kappa shape index (κ1) is 13.7. The van der Waals surface area contributed by atoms with Gasteiger partial charge < -0.3 is 4.90 Å². The largest absolute Gasteiger partial charge is 0.343 e. The van der Waals surface area contributed by atoms with Crippen LogP contribution in [0.25, 0.3) is 0 Å². The highest BCUT2D eigenvalue weighted by Gasteiger charge is 2.47. The lowest BCUT2D eigenvalue weighted by atomic mass is 9.96. The number of hydrogen-bond acceptors (Lipinski definition) is 2. The van der Waals surface area contributed by atoms with Crippen molar-refractivity contribution in [2.75, 3.05) is 13.1 Å². The number of benzene rings is 1. The summed E-state index contributed by atoms with van der Waals surface area (Å²) < 4.78 is 14.8. The SMILES string of the molecule is CCN(CC)C(=O)CC1(F)Cc2ccccc2C1=O. The van der Waals surface area contributed by atoms with Crippen LogP contribution in [0.1, 0.15) is 36.2 Å². The number of carbonyl (C=O) groups excluding carboxylic acids is 2. The minimum Gasteiger partial charge on any atom is -0.343 e. The van der Waals surface area contributed by atoms with Gasteiger partial charge in [-0.25, -0.2) is 4.39 Å². The molecule has 1 amide bonds. The molecule has 102 valence electrons. The molecule has 0 bridgehead atoms. The van der Waals surface area contributed by atoms with Crippen LogP contribution in [0.4, 0.5) is 4.39 Å². The molecule has 0 N–H and O–H groups in total. The molecule has 0 fully saturated rings. The van der Waals surface area contributed by atoms with Gasteiger partial charge in [-0.05, 0) is 19.4 Å². The van der Waals surface area contributed by atoms with Crippen LogP contribution in [-0.2, 0) is 11.2 Å². The molecule has 0 aromatic heterocycles.